The highest BCUT2D eigenvalue weighted by Crippen LogP contribution is 2.22. The molecule has 0 saturated heterocycles. The molecule has 1 amide bonds. The molecule has 0 aliphatic heterocycles. The fourth-order valence-electron chi connectivity index (χ4n) is 1.96. The molecular weight excluding hydrogens is 353 g/mol. The van der Waals surface area contributed by atoms with Crippen molar-refractivity contribution in [1.29, 1.82) is 0 Å². The van der Waals surface area contributed by atoms with Gasteiger partial charge in [-0.15, -0.1) is 0 Å². The van der Waals surface area contributed by atoms with Crippen LogP contribution < -0.4 is 10.1 Å². The molecule has 2 aromatic carbocycles. The summed E-state index contributed by atoms with van der Waals surface area (Å²) in [7, 11) is 1.47. The molecule has 0 fully saturated rings. The van der Waals surface area contributed by atoms with Crippen LogP contribution in [0.3, 0.4) is 0 Å². The first-order valence-electron chi connectivity index (χ1n) is 6.76. The minimum absolute atomic E-state index is 0.119. The number of carbonyl (C=O) groups excluding carboxylic acids is 1. The Morgan fingerprint density at radius 1 is 1.17 bits per heavy atom. The Labute approximate surface area is 148 Å². The van der Waals surface area contributed by atoms with Crippen molar-refractivity contribution >= 4 is 41.2 Å². The van der Waals surface area contributed by atoms with E-state index >= 15 is 0 Å². The predicted octanol–water partition coefficient (Wildman–Crippen LogP) is 3.86. The van der Waals surface area contributed by atoms with Gasteiger partial charge in [0.05, 0.1) is 17.7 Å². The summed E-state index contributed by atoms with van der Waals surface area (Å²) in [5, 5.41) is 12.2. The van der Waals surface area contributed by atoms with Crippen LogP contribution >= 0.6 is 23.2 Å². The SMILES string of the molecule is COc1ccccc1/C=C(\NC(=O)c1ccc(Cl)cc1Cl)C(=O)O. The van der Waals surface area contributed by atoms with Crippen molar-refractivity contribution in [2.24, 2.45) is 0 Å². The molecule has 2 rings (SSSR count). The van der Waals surface area contributed by atoms with Gasteiger partial charge >= 0.3 is 5.97 Å². The molecule has 0 atom stereocenters. The molecule has 0 aliphatic carbocycles. The number of hydrogen-bond donors (Lipinski definition) is 2. The first-order chi connectivity index (χ1) is 11.4. The van der Waals surface area contributed by atoms with E-state index in [-0.39, 0.29) is 16.3 Å². The largest absolute Gasteiger partial charge is 0.496 e. The van der Waals surface area contributed by atoms with Crippen LogP contribution in [-0.2, 0) is 4.79 Å². The highest BCUT2D eigenvalue weighted by molar-refractivity contribution is 6.36. The number of methoxy groups -OCH3 is 1. The summed E-state index contributed by atoms with van der Waals surface area (Å²) in [5.74, 6) is -1.46. The fourth-order valence-corrected chi connectivity index (χ4v) is 2.45. The number of benzene rings is 2. The molecule has 0 heterocycles. The van der Waals surface area contributed by atoms with Gasteiger partial charge in [-0.25, -0.2) is 4.79 Å². The Balaban J connectivity index is 2.33. The van der Waals surface area contributed by atoms with E-state index < -0.39 is 11.9 Å². The van der Waals surface area contributed by atoms with Gasteiger partial charge in [-0.05, 0) is 30.3 Å². The Hall–Kier alpha value is -2.50. The second-order valence-electron chi connectivity index (χ2n) is 4.68. The summed E-state index contributed by atoms with van der Waals surface area (Å²) in [6.45, 7) is 0. The smallest absolute Gasteiger partial charge is 0.352 e. The van der Waals surface area contributed by atoms with Crippen LogP contribution in [-0.4, -0.2) is 24.1 Å². The maximum atomic E-state index is 12.3. The van der Waals surface area contributed by atoms with Crippen LogP contribution in [0.2, 0.25) is 10.0 Å². The van der Waals surface area contributed by atoms with Crippen LogP contribution in [0.25, 0.3) is 6.08 Å². The fraction of sp³-hybridized carbons (Fsp3) is 0.0588. The monoisotopic (exact) mass is 365 g/mol. The van der Waals surface area contributed by atoms with Gasteiger partial charge in [0.15, 0.2) is 0 Å². The van der Waals surface area contributed by atoms with Crippen molar-refractivity contribution in [1.82, 2.24) is 5.32 Å². The Morgan fingerprint density at radius 3 is 2.50 bits per heavy atom. The van der Waals surface area contributed by atoms with Gasteiger partial charge in [0.2, 0.25) is 0 Å². The van der Waals surface area contributed by atoms with Crippen LogP contribution in [0.15, 0.2) is 48.2 Å². The number of halogens is 2. The maximum absolute atomic E-state index is 12.3. The minimum atomic E-state index is -1.29. The average Bonchev–Trinajstić information content (AvgIpc) is 2.54. The van der Waals surface area contributed by atoms with E-state index in [9.17, 15) is 14.7 Å². The number of carboxylic acid groups (broad SMARTS) is 1. The summed E-state index contributed by atoms with van der Waals surface area (Å²) in [4.78, 5) is 23.7. The molecular formula is C17H13Cl2NO4. The lowest BCUT2D eigenvalue weighted by Crippen LogP contribution is -2.27. The average molecular weight is 366 g/mol. The van der Waals surface area contributed by atoms with Crippen molar-refractivity contribution in [3.8, 4) is 5.75 Å². The summed E-state index contributed by atoms with van der Waals surface area (Å²) >= 11 is 11.7. The normalized spacial score (nSPS) is 11.0. The van der Waals surface area contributed by atoms with Crippen molar-refractivity contribution in [3.05, 3.63) is 69.3 Å². The summed E-state index contributed by atoms with van der Waals surface area (Å²) in [6.07, 6.45) is 1.31. The highest BCUT2D eigenvalue weighted by Gasteiger charge is 2.16. The molecule has 24 heavy (non-hydrogen) atoms. The number of rotatable bonds is 5. The van der Waals surface area contributed by atoms with Gasteiger partial charge in [-0.3, -0.25) is 4.79 Å². The van der Waals surface area contributed by atoms with Crippen LogP contribution in [0.4, 0.5) is 0 Å². The van der Waals surface area contributed by atoms with Crippen molar-refractivity contribution in [2.75, 3.05) is 7.11 Å². The highest BCUT2D eigenvalue weighted by atomic mass is 35.5. The molecule has 5 nitrogen and oxygen atoms in total. The molecule has 0 saturated carbocycles. The zero-order valence-corrected chi connectivity index (χ0v) is 14.1. The zero-order valence-electron chi connectivity index (χ0n) is 12.5. The van der Waals surface area contributed by atoms with E-state index in [2.05, 4.69) is 5.32 Å². The number of aliphatic carboxylic acids is 1. The molecule has 0 aromatic heterocycles. The first kappa shape index (κ1) is 17.8. The van der Waals surface area contributed by atoms with Crippen LogP contribution in [0.5, 0.6) is 5.75 Å². The zero-order chi connectivity index (χ0) is 17.7. The number of carbonyl (C=O) groups is 2. The van der Waals surface area contributed by atoms with Gasteiger partial charge in [-0.2, -0.15) is 0 Å². The summed E-state index contributed by atoms with van der Waals surface area (Å²) in [6, 6.07) is 11.2. The Bertz CT molecular complexity index is 818. The molecule has 0 unspecified atom stereocenters. The van der Waals surface area contributed by atoms with Crippen molar-refractivity contribution in [2.45, 2.75) is 0 Å². The standard InChI is InChI=1S/C17H13Cl2NO4/c1-24-15-5-3-2-4-10(15)8-14(17(22)23)20-16(21)12-7-6-11(18)9-13(12)19/h2-9H,1H3,(H,20,21)(H,22,23)/b14-8-. The van der Waals surface area contributed by atoms with E-state index in [0.29, 0.717) is 16.3 Å². The van der Waals surface area contributed by atoms with E-state index in [4.69, 9.17) is 27.9 Å². The molecule has 124 valence electrons. The van der Waals surface area contributed by atoms with Gasteiger partial charge in [0, 0.05) is 10.6 Å². The lowest BCUT2D eigenvalue weighted by molar-refractivity contribution is -0.132. The minimum Gasteiger partial charge on any atom is -0.496 e. The quantitative estimate of drug-likeness (QED) is 0.788. The number of nitrogens with one attached hydrogen (secondary N) is 1. The van der Waals surface area contributed by atoms with Gasteiger partial charge in [0.25, 0.3) is 5.91 Å². The molecule has 2 aromatic rings. The van der Waals surface area contributed by atoms with E-state index in [1.54, 1.807) is 24.3 Å². The van der Waals surface area contributed by atoms with Crippen molar-refractivity contribution in [3.63, 3.8) is 0 Å². The third-order valence-corrected chi connectivity index (χ3v) is 3.64. The first-order valence-corrected chi connectivity index (χ1v) is 7.52. The third kappa shape index (κ3) is 4.28. The summed E-state index contributed by atoms with van der Waals surface area (Å²) < 4.78 is 5.16. The summed E-state index contributed by atoms with van der Waals surface area (Å²) in [5.41, 5.74) is 0.323. The van der Waals surface area contributed by atoms with Gasteiger partial charge in [0.1, 0.15) is 11.4 Å². The molecule has 0 radical (unpaired) electrons. The topological polar surface area (TPSA) is 75.6 Å². The molecule has 0 aliphatic rings. The van der Waals surface area contributed by atoms with Crippen LogP contribution in [0.1, 0.15) is 15.9 Å². The Kier molecular flexibility index (Phi) is 5.84. The van der Waals surface area contributed by atoms with E-state index in [1.807, 2.05) is 0 Å². The third-order valence-electron chi connectivity index (χ3n) is 3.09. The number of para-hydroxylation sites is 1. The molecule has 0 bridgehead atoms. The van der Waals surface area contributed by atoms with Gasteiger partial charge < -0.3 is 15.2 Å². The molecule has 0 spiro atoms. The maximum Gasteiger partial charge on any atom is 0.352 e. The second kappa shape index (κ2) is 7.86. The molecule has 2 N–H and O–H groups in total. The number of amides is 1. The lowest BCUT2D eigenvalue weighted by atomic mass is 10.1. The second-order valence-corrected chi connectivity index (χ2v) is 5.53. The number of carboxylic acids is 1. The lowest BCUT2D eigenvalue weighted by Gasteiger charge is -2.09. The number of ether oxygens (including phenoxy) is 1. The Morgan fingerprint density at radius 2 is 1.88 bits per heavy atom. The van der Waals surface area contributed by atoms with Crippen molar-refractivity contribution < 1.29 is 19.4 Å². The number of hydrogen-bond acceptors (Lipinski definition) is 3. The predicted molar refractivity (Wildman–Crippen MR) is 92.5 cm³/mol. The van der Waals surface area contributed by atoms with Crippen LogP contribution in [0, 0.1) is 0 Å². The van der Waals surface area contributed by atoms with Gasteiger partial charge in [-0.1, -0.05) is 41.4 Å². The van der Waals surface area contributed by atoms with E-state index in [1.165, 1.54) is 31.4 Å². The molecule has 7 heteroatoms. The van der Waals surface area contributed by atoms with E-state index in [0.717, 1.165) is 0 Å².